The van der Waals surface area contributed by atoms with E-state index in [1.165, 1.54) is 16.9 Å². The smallest absolute Gasteiger partial charge is 0.258 e. The fourth-order valence-electron chi connectivity index (χ4n) is 4.16. The summed E-state index contributed by atoms with van der Waals surface area (Å²) in [5.74, 6) is 0.347. The molecule has 0 bridgehead atoms. The van der Waals surface area contributed by atoms with Crippen molar-refractivity contribution in [3.8, 4) is 22.5 Å². The highest BCUT2D eigenvalue weighted by atomic mass is 32.1. The van der Waals surface area contributed by atoms with Crippen LogP contribution in [0.3, 0.4) is 0 Å². The number of fused-ring (bicyclic) bond motifs is 1. The molecule has 0 saturated carbocycles. The van der Waals surface area contributed by atoms with Gasteiger partial charge < -0.3 is 0 Å². The van der Waals surface area contributed by atoms with Crippen LogP contribution in [0, 0.1) is 6.92 Å². The lowest BCUT2D eigenvalue weighted by Gasteiger charge is -2.10. The number of hydrogen-bond donors (Lipinski definition) is 1. The summed E-state index contributed by atoms with van der Waals surface area (Å²) in [5, 5.41) is 6.39. The monoisotopic (exact) mass is 477 g/mol. The van der Waals surface area contributed by atoms with E-state index in [9.17, 15) is 4.79 Å². The lowest BCUT2D eigenvalue weighted by atomic mass is 9.97. The number of carbonyl (C=O) groups excluding carboxylic acids is 1. The van der Waals surface area contributed by atoms with Crippen LogP contribution in [0.5, 0.6) is 0 Å². The maximum Gasteiger partial charge on any atom is 0.258 e. The number of benzene rings is 3. The number of rotatable bonds is 6. The topological polar surface area (TPSA) is 54.9 Å². The van der Waals surface area contributed by atoms with Crippen molar-refractivity contribution in [3.63, 3.8) is 0 Å². The number of pyridine rings is 1. The van der Waals surface area contributed by atoms with Gasteiger partial charge in [0.05, 0.1) is 22.5 Å². The molecule has 0 radical (unpaired) electrons. The molecule has 0 aliphatic carbocycles. The molecule has 5 rings (SSSR count). The van der Waals surface area contributed by atoms with Gasteiger partial charge in [0, 0.05) is 21.9 Å². The number of nitrogens with zero attached hydrogens (tertiary/aromatic N) is 2. The first-order chi connectivity index (χ1) is 17.0. The van der Waals surface area contributed by atoms with Gasteiger partial charge in [-0.3, -0.25) is 10.1 Å². The van der Waals surface area contributed by atoms with Gasteiger partial charge >= 0.3 is 0 Å². The van der Waals surface area contributed by atoms with Crippen molar-refractivity contribution in [2.45, 2.75) is 33.1 Å². The van der Waals surface area contributed by atoms with Gasteiger partial charge in [0.2, 0.25) is 0 Å². The van der Waals surface area contributed by atoms with Crippen LogP contribution in [-0.2, 0) is 0 Å². The zero-order chi connectivity index (χ0) is 24.4. The van der Waals surface area contributed by atoms with Crippen LogP contribution in [0.2, 0.25) is 0 Å². The highest BCUT2D eigenvalue weighted by molar-refractivity contribution is 7.14. The van der Waals surface area contributed by atoms with Crippen molar-refractivity contribution in [1.82, 2.24) is 9.97 Å². The number of para-hydroxylation sites is 1. The van der Waals surface area contributed by atoms with E-state index in [1.807, 2.05) is 47.8 Å². The Morgan fingerprint density at radius 3 is 2.49 bits per heavy atom. The summed E-state index contributed by atoms with van der Waals surface area (Å²) >= 11 is 1.43. The Labute approximate surface area is 209 Å². The van der Waals surface area contributed by atoms with Crippen LogP contribution < -0.4 is 5.32 Å². The van der Waals surface area contributed by atoms with Crippen LogP contribution in [-0.4, -0.2) is 15.9 Å². The number of anilines is 1. The second-order valence-corrected chi connectivity index (χ2v) is 9.72. The Balaban J connectivity index is 1.44. The molecule has 0 aliphatic rings. The summed E-state index contributed by atoms with van der Waals surface area (Å²) < 4.78 is 0. The molecule has 5 aromatic rings. The van der Waals surface area contributed by atoms with E-state index in [1.54, 1.807) is 0 Å². The van der Waals surface area contributed by atoms with Gasteiger partial charge in [-0.1, -0.05) is 80.1 Å². The Morgan fingerprint density at radius 2 is 1.71 bits per heavy atom. The zero-order valence-corrected chi connectivity index (χ0v) is 20.9. The van der Waals surface area contributed by atoms with Gasteiger partial charge in [-0.25, -0.2) is 9.97 Å². The Kier molecular flexibility index (Phi) is 6.43. The first-order valence-corrected chi connectivity index (χ1v) is 12.7. The molecule has 1 atom stereocenters. The van der Waals surface area contributed by atoms with Crippen LogP contribution >= 0.6 is 11.3 Å². The minimum atomic E-state index is -0.189. The largest absolute Gasteiger partial charge is 0.298 e. The summed E-state index contributed by atoms with van der Waals surface area (Å²) in [5.41, 5.74) is 7.52. The third kappa shape index (κ3) is 4.86. The van der Waals surface area contributed by atoms with Crippen molar-refractivity contribution in [2.24, 2.45) is 0 Å². The van der Waals surface area contributed by atoms with Crippen molar-refractivity contribution in [2.75, 3.05) is 5.32 Å². The average molecular weight is 478 g/mol. The van der Waals surface area contributed by atoms with Crippen LogP contribution in [0.1, 0.15) is 47.7 Å². The average Bonchev–Trinajstić information content (AvgIpc) is 3.36. The number of aromatic nitrogens is 2. The molecule has 5 heteroatoms. The van der Waals surface area contributed by atoms with Crippen molar-refractivity contribution in [1.29, 1.82) is 0 Å². The molecule has 35 heavy (non-hydrogen) atoms. The van der Waals surface area contributed by atoms with Gasteiger partial charge in [0.25, 0.3) is 5.91 Å². The molecule has 174 valence electrons. The first kappa shape index (κ1) is 22.9. The maximum absolute atomic E-state index is 13.4. The molecule has 2 heterocycles. The number of hydrogen-bond acceptors (Lipinski definition) is 4. The predicted octanol–water partition coefficient (Wildman–Crippen LogP) is 8.10. The quantitative estimate of drug-likeness (QED) is 0.269. The number of thiazole rings is 1. The van der Waals surface area contributed by atoms with E-state index in [2.05, 4.69) is 67.5 Å². The number of carbonyl (C=O) groups is 1. The summed E-state index contributed by atoms with van der Waals surface area (Å²) in [6, 6.07) is 26.3. The van der Waals surface area contributed by atoms with E-state index in [0.29, 0.717) is 16.6 Å². The first-order valence-electron chi connectivity index (χ1n) is 11.9. The lowest BCUT2D eigenvalue weighted by Crippen LogP contribution is -2.13. The summed E-state index contributed by atoms with van der Waals surface area (Å²) in [6.45, 7) is 6.48. The third-order valence-electron chi connectivity index (χ3n) is 6.39. The Bertz CT molecular complexity index is 1500. The minimum absolute atomic E-state index is 0.189. The van der Waals surface area contributed by atoms with E-state index < -0.39 is 0 Å². The molecule has 0 aliphatic heterocycles. The molecular weight excluding hydrogens is 450 g/mol. The number of aryl methyl sites for hydroxylation is 1. The molecule has 1 unspecified atom stereocenters. The lowest BCUT2D eigenvalue weighted by molar-refractivity contribution is 0.102. The normalized spacial score (nSPS) is 12.0. The van der Waals surface area contributed by atoms with Gasteiger partial charge in [0.15, 0.2) is 5.13 Å². The minimum Gasteiger partial charge on any atom is -0.298 e. The molecular formula is C30H27N3OS. The molecule has 4 nitrogen and oxygen atoms in total. The molecule has 1 N–H and O–H groups in total. The van der Waals surface area contributed by atoms with Crippen LogP contribution in [0.15, 0.2) is 84.2 Å². The van der Waals surface area contributed by atoms with Crippen molar-refractivity contribution >= 4 is 33.3 Å². The van der Waals surface area contributed by atoms with Gasteiger partial charge in [0.1, 0.15) is 0 Å². The predicted molar refractivity (Wildman–Crippen MR) is 146 cm³/mol. The Hall–Kier alpha value is -3.83. The Morgan fingerprint density at radius 1 is 0.914 bits per heavy atom. The van der Waals surface area contributed by atoms with Gasteiger partial charge in [-0.15, -0.1) is 11.3 Å². The second-order valence-electron chi connectivity index (χ2n) is 8.87. The van der Waals surface area contributed by atoms with E-state index in [0.717, 1.165) is 45.4 Å². The van der Waals surface area contributed by atoms with E-state index in [4.69, 9.17) is 4.98 Å². The highest BCUT2D eigenvalue weighted by Crippen LogP contribution is 2.29. The van der Waals surface area contributed by atoms with Gasteiger partial charge in [-0.2, -0.15) is 0 Å². The standard InChI is InChI=1S/C30H27N3OS/c1-4-20(3)21-12-14-22(15-13-21)28-18-35-30(32-28)33-29(34)25-17-27(23-9-7-8-19(2)16-23)31-26-11-6-5-10-24(25)26/h5-18,20H,4H2,1-3H3,(H,32,33,34). The highest BCUT2D eigenvalue weighted by Gasteiger charge is 2.16. The summed E-state index contributed by atoms with van der Waals surface area (Å²) in [4.78, 5) is 22.9. The number of amides is 1. The molecule has 0 fully saturated rings. The molecule has 0 saturated heterocycles. The number of nitrogens with one attached hydrogen (secondary N) is 1. The van der Waals surface area contributed by atoms with Crippen molar-refractivity contribution in [3.05, 3.63) is 101 Å². The molecule has 3 aromatic carbocycles. The second kappa shape index (κ2) is 9.80. The SMILES string of the molecule is CCC(C)c1ccc(-c2csc(NC(=O)c3cc(-c4cccc(C)c4)nc4ccccc34)n2)cc1. The van der Waals surface area contributed by atoms with Gasteiger partial charge in [-0.05, 0) is 43.0 Å². The summed E-state index contributed by atoms with van der Waals surface area (Å²) in [6.07, 6.45) is 1.11. The molecule has 2 aromatic heterocycles. The van der Waals surface area contributed by atoms with Crippen LogP contribution in [0.4, 0.5) is 5.13 Å². The fourth-order valence-corrected chi connectivity index (χ4v) is 4.88. The molecule has 0 spiro atoms. The van der Waals surface area contributed by atoms with Crippen LogP contribution in [0.25, 0.3) is 33.4 Å². The fraction of sp³-hybridized carbons (Fsp3) is 0.167. The summed E-state index contributed by atoms with van der Waals surface area (Å²) in [7, 11) is 0. The van der Waals surface area contributed by atoms with E-state index >= 15 is 0 Å². The third-order valence-corrected chi connectivity index (χ3v) is 7.14. The van der Waals surface area contributed by atoms with E-state index in [-0.39, 0.29) is 5.91 Å². The van der Waals surface area contributed by atoms with Crippen molar-refractivity contribution < 1.29 is 4.79 Å². The molecule has 1 amide bonds. The zero-order valence-electron chi connectivity index (χ0n) is 20.1. The maximum atomic E-state index is 13.4.